The third-order valence-corrected chi connectivity index (χ3v) is 7.14. The van der Waals surface area contributed by atoms with Gasteiger partial charge in [0, 0.05) is 10.6 Å². The number of benzene rings is 2. The van der Waals surface area contributed by atoms with E-state index in [2.05, 4.69) is 5.32 Å². The molecule has 8 heteroatoms. The third-order valence-electron chi connectivity index (χ3n) is 4.62. The zero-order valence-corrected chi connectivity index (χ0v) is 17.2. The molecule has 0 radical (unpaired) electrons. The van der Waals surface area contributed by atoms with E-state index in [4.69, 9.17) is 21.7 Å². The number of thioether (sulfide) groups is 1. The molecule has 1 aliphatic rings. The SMILES string of the molecule is Cc1nn(-c2nc3ccccc3s2)c2c1[C@@H](c1cccc(Cl)c1)SCC(=O)N2. The maximum absolute atomic E-state index is 12.4. The van der Waals surface area contributed by atoms with E-state index in [1.54, 1.807) is 27.8 Å². The Balaban J connectivity index is 1.70. The number of rotatable bonds is 2. The number of anilines is 1. The van der Waals surface area contributed by atoms with E-state index in [-0.39, 0.29) is 11.2 Å². The van der Waals surface area contributed by atoms with Crippen LogP contribution in [0.4, 0.5) is 5.82 Å². The van der Waals surface area contributed by atoms with Crippen molar-refractivity contribution in [3.8, 4) is 5.13 Å². The summed E-state index contributed by atoms with van der Waals surface area (Å²) in [5.74, 6) is 1.01. The van der Waals surface area contributed by atoms with Crippen molar-refractivity contribution in [1.29, 1.82) is 0 Å². The van der Waals surface area contributed by atoms with Crippen LogP contribution in [0, 0.1) is 6.92 Å². The molecule has 0 bridgehead atoms. The Kier molecular flexibility index (Phi) is 4.38. The second-order valence-electron chi connectivity index (χ2n) is 6.52. The average Bonchev–Trinajstić information content (AvgIpc) is 3.18. The minimum atomic E-state index is -0.0435. The number of carbonyl (C=O) groups is 1. The lowest BCUT2D eigenvalue weighted by molar-refractivity contribution is -0.113. The van der Waals surface area contributed by atoms with Gasteiger partial charge >= 0.3 is 0 Å². The molecule has 0 fully saturated rings. The first-order chi connectivity index (χ1) is 13.6. The summed E-state index contributed by atoms with van der Waals surface area (Å²) in [6, 6.07) is 15.8. The van der Waals surface area contributed by atoms with Crippen molar-refractivity contribution in [3.05, 3.63) is 70.4 Å². The van der Waals surface area contributed by atoms with Crippen molar-refractivity contribution in [1.82, 2.24) is 14.8 Å². The molecule has 1 aliphatic heterocycles. The van der Waals surface area contributed by atoms with Gasteiger partial charge in [-0.25, -0.2) is 4.98 Å². The molecule has 0 spiro atoms. The number of fused-ring (bicyclic) bond motifs is 2. The topological polar surface area (TPSA) is 59.8 Å². The molecule has 28 heavy (non-hydrogen) atoms. The Morgan fingerprint density at radius 2 is 2.07 bits per heavy atom. The molecule has 0 unspecified atom stereocenters. The predicted molar refractivity (Wildman–Crippen MR) is 116 cm³/mol. The number of hydrogen-bond donors (Lipinski definition) is 1. The maximum Gasteiger partial charge on any atom is 0.235 e. The molecule has 1 N–H and O–H groups in total. The summed E-state index contributed by atoms with van der Waals surface area (Å²) in [5.41, 5.74) is 3.85. The number of carbonyl (C=O) groups excluding carboxylic acids is 1. The van der Waals surface area contributed by atoms with Gasteiger partial charge in [-0.1, -0.05) is 47.2 Å². The van der Waals surface area contributed by atoms with Gasteiger partial charge in [-0.15, -0.1) is 11.8 Å². The van der Waals surface area contributed by atoms with Crippen LogP contribution in [0.25, 0.3) is 15.3 Å². The Labute approximate surface area is 174 Å². The van der Waals surface area contributed by atoms with Gasteiger partial charge in [-0.3, -0.25) is 4.79 Å². The molecule has 4 aromatic rings. The van der Waals surface area contributed by atoms with Crippen LogP contribution >= 0.6 is 34.7 Å². The van der Waals surface area contributed by atoms with E-state index in [1.807, 2.05) is 55.5 Å². The molecule has 1 amide bonds. The summed E-state index contributed by atoms with van der Waals surface area (Å²) in [6.07, 6.45) is 0. The van der Waals surface area contributed by atoms with Crippen LogP contribution in [0.5, 0.6) is 0 Å². The average molecular weight is 427 g/mol. The molecule has 140 valence electrons. The lowest BCUT2D eigenvalue weighted by Gasteiger charge is -2.15. The lowest BCUT2D eigenvalue weighted by Crippen LogP contribution is -2.15. The number of amides is 1. The summed E-state index contributed by atoms with van der Waals surface area (Å²) >= 11 is 9.36. The predicted octanol–water partition coefficient (Wildman–Crippen LogP) is 5.22. The second kappa shape index (κ2) is 6.92. The molecular formula is C20H15ClN4OS2. The fourth-order valence-corrected chi connectivity index (χ4v) is 5.71. The summed E-state index contributed by atoms with van der Waals surface area (Å²) in [7, 11) is 0. The summed E-state index contributed by atoms with van der Waals surface area (Å²) in [6.45, 7) is 1.97. The first kappa shape index (κ1) is 17.7. The molecule has 5 nitrogen and oxygen atoms in total. The fraction of sp³-hybridized carbons (Fsp3) is 0.150. The molecule has 0 saturated carbocycles. The van der Waals surface area contributed by atoms with E-state index >= 15 is 0 Å². The highest BCUT2D eigenvalue weighted by Crippen LogP contribution is 2.44. The molecule has 0 saturated heterocycles. The van der Waals surface area contributed by atoms with Crippen molar-refractivity contribution in [2.75, 3.05) is 11.1 Å². The van der Waals surface area contributed by atoms with Crippen LogP contribution in [0.2, 0.25) is 5.02 Å². The van der Waals surface area contributed by atoms with Crippen LogP contribution in [0.15, 0.2) is 48.5 Å². The van der Waals surface area contributed by atoms with E-state index in [1.165, 1.54) is 0 Å². The summed E-state index contributed by atoms with van der Waals surface area (Å²) in [5, 5.41) is 9.17. The Hall–Kier alpha value is -2.35. The number of aromatic nitrogens is 3. The van der Waals surface area contributed by atoms with Crippen molar-refractivity contribution in [2.24, 2.45) is 0 Å². The molecule has 1 atom stereocenters. The Morgan fingerprint density at radius 3 is 2.89 bits per heavy atom. The van der Waals surface area contributed by atoms with E-state index in [9.17, 15) is 4.79 Å². The van der Waals surface area contributed by atoms with E-state index in [0.717, 1.165) is 32.2 Å². The van der Waals surface area contributed by atoms with Crippen molar-refractivity contribution in [2.45, 2.75) is 12.2 Å². The van der Waals surface area contributed by atoms with Crippen LogP contribution in [0.3, 0.4) is 0 Å². The minimum absolute atomic E-state index is 0.0317. The third kappa shape index (κ3) is 2.99. The van der Waals surface area contributed by atoms with Crippen LogP contribution in [-0.2, 0) is 4.79 Å². The zero-order valence-electron chi connectivity index (χ0n) is 14.8. The number of nitrogens with one attached hydrogen (secondary N) is 1. The van der Waals surface area contributed by atoms with Gasteiger partial charge in [0.2, 0.25) is 11.0 Å². The van der Waals surface area contributed by atoms with Gasteiger partial charge in [0.15, 0.2) is 0 Å². The maximum atomic E-state index is 12.4. The number of para-hydroxylation sites is 1. The second-order valence-corrected chi connectivity index (χ2v) is 9.06. The fourth-order valence-electron chi connectivity index (χ4n) is 3.41. The molecule has 2 aromatic heterocycles. The van der Waals surface area contributed by atoms with Gasteiger partial charge in [-0.2, -0.15) is 9.78 Å². The van der Waals surface area contributed by atoms with Crippen LogP contribution in [0.1, 0.15) is 22.1 Å². The zero-order chi connectivity index (χ0) is 19.3. The molecule has 3 heterocycles. The number of halogens is 1. The standard InChI is InChI=1S/C20H15ClN4OS2/c1-11-17-18(12-5-4-6-13(21)9-12)27-10-16(26)23-19(17)25(24-11)20-22-14-7-2-3-8-15(14)28-20/h2-9,18H,10H2,1H3,(H,23,26)/t18-/m1/s1. The van der Waals surface area contributed by atoms with Gasteiger partial charge in [-0.05, 0) is 36.8 Å². The van der Waals surface area contributed by atoms with Gasteiger partial charge < -0.3 is 5.32 Å². The summed E-state index contributed by atoms with van der Waals surface area (Å²) < 4.78 is 2.84. The highest BCUT2D eigenvalue weighted by atomic mass is 35.5. The highest BCUT2D eigenvalue weighted by Gasteiger charge is 2.31. The van der Waals surface area contributed by atoms with Crippen LogP contribution < -0.4 is 5.32 Å². The molecular weight excluding hydrogens is 412 g/mol. The van der Waals surface area contributed by atoms with E-state index < -0.39 is 0 Å². The van der Waals surface area contributed by atoms with Gasteiger partial charge in [0.1, 0.15) is 5.82 Å². The largest absolute Gasteiger partial charge is 0.310 e. The lowest BCUT2D eigenvalue weighted by atomic mass is 10.0. The molecule has 2 aromatic carbocycles. The normalized spacial score (nSPS) is 16.6. The minimum Gasteiger partial charge on any atom is -0.310 e. The Bertz CT molecular complexity index is 1180. The first-order valence-corrected chi connectivity index (χ1v) is 11.0. The molecule has 5 rings (SSSR count). The van der Waals surface area contributed by atoms with Gasteiger partial charge in [0.05, 0.1) is 26.9 Å². The smallest absolute Gasteiger partial charge is 0.235 e. The number of thiazole rings is 1. The molecule has 0 aliphatic carbocycles. The quantitative estimate of drug-likeness (QED) is 0.477. The van der Waals surface area contributed by atoms with Gasteiger partial charge in [0.25, 0.3) is 0 Å². The Morgan fingerprint density at radius 1 is 1.21 bits per heavy atom. The first-order valence-electron chi connectivity index (χ1n) is 8.72. The van der Waals surface area contributed by atoms with Crippen molar-refractivity contribution < 1.29 is 4.79 Å². The number of nitrogens with zero attached hydrogens (tertiary/aromatic N) is 3. The monoisotopic (exact) mass is 426 g/mol. The van der Waals surface area contributed by atoms with Crippen LogP contribution in [-0.4, -0.2) is 26.4 Å². The van der Waals surface area contributed by atoms with Crippen molar-refractivity contribution in [3.63, 3.8) is 0 Å². The summed E-state index contributed by atoms with van der Waals surface area (Å²) in [4.78, 5) is 17.2. The van der Waals surface area contributed by atoms with E-state index in [0.29, 0.717) is 16.6 Å². The highest BCUT2D eigenvalue weighted by molar-refractivity contribution is 8.00. The number of aryl methyl sites for hydroxylation is 1. The number of hydrogen-bond acceptors (Lipinski definition) is 5. The van der Waals surface area contributed by atoms with Crippen molar-refractivity contribution >= 4 is 56.6 Å².